The van der Waals surface area contributed by atoms with Crippen molar-refractivity contribution in [3.8, 4) is 6.07 Å². The molecular weight excluding hydrogens is 387 g/mol. The number of aromatic nitrogens is 2. The fourth-order valence-electron chi connectivity index (χ4n) is 1.98. The molecule has 0 fully saturated rings. The predicted octanol–water partition coefficient (Wildman–Crippen LogP) is 2.56. The lowest BCUT2D eigenvalue weighted by atomic mass is 10.2. The van der Waals surface area contributed by atoms with E-state index >= 15 is 0 Å². The van der Waals surface area contributed by atoms with Crippen LogP contribution in [-0.2, 0) is 22.4 Å². The maximum atomic E-state index is 13.0. The molecule has 2 rings (SSSR count). The summed E-state index contributed by atoms with van der Waals surface area (Å²) in [6, 6.07) is 6.15. The van der Waals surface area contributed by atoms with Gasteiger partial charge in [-0.25, -0.2) is 4.98 Å². The van der Waals surface area contributed by atoms with E-state index in [9.17, 15) is 18.0 Å². The van der Waals surface area contributed by atoms with Crippen molar-refractivity contribution >= 4 is 23.2 Å². The molecule has 0 aliphatic carbocycles. The number of nitrogens with zero attached hydrogens (tertiary/aromatic N) is 5. The van der Waals surface area contributed by atoms with Crippen LogP contribution in [0.25, 0.3) is 0 Å². The van der Waals surface area contributed by atoms with Gasteiger partial charge in [0, 0.05) is 12.4 Å². The Morgan fingerprint density at radius 1 is 1.41 bits per heavy atom. The molecule has 0 radical (unpaired) electrons. The quantitative estimate of drug-likeness (QED) is 0.450. The Labute approximate surface area is 156 Å². The minimum atomic E-state index is -4.63. The second-order valence-electron chi connectivity index (χ2n) is 5.04. The molecule has 0 unspecified atom stereocenters. The van der Waals surface area contributed by atoms with Gasteiger partial charge in [-0.1, -0.05) is 22.8 Å². The number of hydrogen-bond acceptors (Lipinski definition) is 5. The Balaban J connectivity index is 2.55. The first-order chi connectivity index (χ1) is 12.7. The second kappa shape index (κ2) is 8.46. The van der Waals surface area contributed by atoms with Crippen LogP contribution in [0.5, 0.6) is 0 Å². The zero-order valence-corrected chi connectivity index (χ0v) is 14.5. The average molecular weight is 398 g/mol. The van der Waals surface area contributed by atoms with Crippen molar-refractivity contribution in [3.05, 3.63) is 58.4 Å². The Kier molecular flexibility index (Phi) is 6.31. The van der Waals surface area contributed by atoms with E-state index in [1.807, 2.05) is 0 Å². The lowest BCUT2D eigenvalue weighted by Gasteiger charge is -2.11. The molecule has 2 aromatic heterocycles. The summed E-state index contributed by atoms with van der Waals surface area (Å²) in [5.74, 6) is -1.14. The first-order valence-electron chi connectivity index (χ1n) is 7.23. The molecule has 140 valence electrons. The number of nitriles is 1. The number of carbonyl (C=O) groups excluding carboxylic acids is 1. The highest BCUT2D eigenvalue weighted by molar-refractivity contribution is 6.45. The molecule has 0 N–H and O–H groups in total. The van der Waals surface area contributed by atoms with Gasteiger partial charge in [-0.15, -0.1) is 0 Å². The van der Waals surface area contributed by atoms with Crippen molar-refractivity contribution in [2.45, 2.75) is 12.7 Å². The van der Waals surface area contributed by atoms with E-state index in [2.05, 4.69) is 20.0 Å². The highest BCUT2D eigenvalue weighted by Crippen LogP contribution is 2.27. The molecule has 7 nitrogen and oxygen atoms in total. The van der Waals surface area contributed by atoms with E-state index in [1.165, 1.54) is 22.9 Å². The third-order valence-electron chi connectivity index (χ3n) is 3.19. The molecular formula is C16H11ClF3N5O2. The van der Waals surface area contributed by atoms with Crippen LogP contribution in [0.1, 0.15) is 11.1 Å². The van der Waals surface area contributed by atoms with Crippen LogP contribution in [-0.4, -0.2) is 28.3 Å². The number of carbonyl (C=O) groups is 1. The number of rotatable bonds is 4. The summed E-state index contributed by atoms with van der Waals surface area (Å²) < 4.78 is 40.3. The third-order valence-corrected chi connectivity index (χ3v) is 3.41. The summed E-state index contributed by atoms with van der Waals surface area (Å²) in [6.45, 7) is 0.0672. The van der Waals surface area contributed by atoms with Crippen LogP contribution in [0, 0.1) is 11.3 Å². The Morgan fingerprint density at radius 3 is 2.70 bits per heavy atom. The number of halogens is 4. The molecule has 0 saturated heterocycles. The topological polar surface area (TPSA) is 92.6 Å². The second-order valence-corrected chi connectivity index (χ2v) is 5.43. The van der Waals surface area contributed by atoms with E-state index in [-0.39, 0.29) is 17.2 Å². The number of alkyl halides is 3. The molecule has 2 aromatic rings. The van der Waals surface area contributed by atoms with Crippen molar-refractivity contribution < 1.29 is 22.8 Å². The molecule has 11 heteroatoms. The lowest BCUT2D eigenvalue weighted by Crippen LogP contribution is -2.26. The highest BCUT2D eigenvalue weighted by atomic mass is 35.5. The summed E-state index contributed by atoms with van der Waals surface area (Å²) in [7, 11) is 1.11. The van der Waals surface area contributed by atoms with Crippen LogP contribution >= 0.6 is 11.6 Å². The molecule has 0 aliphatic heterocycles. The van der Waals surface area contributed by atoms with Gasteiger partial charge in [0.15, 0.2) is 0 Å². The molecule has 0 aliphatic rings. The third kappa shape index (κ3) is 5.39. The highest BCUT2D eigenvalue weighted by Gasteiger charge is 2.30. The van der Waals surface area contributed by atoms with Crippen LogP contribution in [0.15, 0.2) is 46.8 Å². The van der Waals surface area contributed by atoms with Crippen LogP contribution in [0.3, 0.4) is 0 Å². The van der Waals surface area contributed by atoms with Crippen molar-refractivity contribution in [3.63, 3.8) is 0 Å². The van der Waals surface area contributed by atoms with Crippen molar-refractivity contribution in [1.29, 1.82) is 5.26 Å². The van der Waals surface area contributed by atoms with Crippen LogP contribution in [0.4, 0.5) is 13.2 Å². The molecule has 2 heterocycles. The molecule has 0 bridgehead atoms. The number of oxime groups is 1. The number of hydrogen-bond donors (Lipinski definition) is 0. The Hall–Kier alpha value is -3.19. The maximum Gasteiger partial charge on any atom is 0.416 e. The van der Waals surface area contributed by atoms with Gasteiger partial charge in [-0.05, 0) is 23.8 Å². The van der Waals surface area contributed by atoms with Gasteiger partial charge in [-0.3, -0.25) is 4.79 Å². The van der Waals surface area contributed by atoms with E-state index in [0.29, 0.717) is 11.6 Å². The minimum absolute atomic E-state index is 0.0672. The zero-order valence-electron chi connectivity index (χ0n) is 13.7. The molecule has 0 spiro atoms. The molecule has 0 aromatic carbocycles. The molecule has 0 saturated carbocycles. The number of amides is 1. The Bertz CT molecular complexity index is 975. The standard InChI is InChI=1S/C16H11ClF3N5O2/c1-27-24-12(7-21)15(26)23-14-6-11(16(18,19)20)4-5-25(14)9-10-2-3-13(17)22-8-10/h2-6,8H,9H2,1H3/b23-14+,24-12+. The average Bonchev–Trinajstić information content (AvgIpc) is 2.62. The summed E-state index contributed by atoms with van der Waals surface area (Å²) >= 11 is 5.70. The van der Waals surface area contributed by atoms with Gasteiger partial charge in [0.1, 0.15) is 23.8 Å². The largest absolute Gasteiger partial charge is 0.416 e. The van der Waals surface area contributed by atoms with Crippen LogP contribution < -0.4 is 5.49 Å². The normalized spacial score (nSPS) is 12.6. The lowest BCUT2D eigenvalue weighted by molar-refractivity contribution is -0.137. The van der Waals surface area contributed by atoms with Gasteiger partial charge >= 0.3 is 12.1 Å². The van der Waals surface area contributed by atoms with Gasteiger partial charge in [0.25, 0.3) is 0 Å². The van der Waals surface area contributed by atoms with Gasteiger partial charge in [-0.2, -0.15) is 23.4 Å². The van der Waals surface area contributed by atoms with Gasteiger partial charge in [0.2, 0.25) is 5.71 Å². The summed E-state index contributed by atoms with van der Waals surface area (Å²) in [6.07, 6.45) is -2.07. The smallest absolute Gasteiger partial charge is 0.398 e. The maximum absolute atomic E-state index is 13.0. The first-order valence-corrected chi connectivity index (χ1v) is 7.61. The fraction of sp³-hybridized carbons (Fsp3) is 0.188. The van der Waals surface area contributed by atoms with E-state index in [1.54, 1.807) is 6.07 Å². The van der Waals surface area contributed by atoms with Crippen LogP contribution in [0.2, 0.25) is 5.15 Å². The summed E-state index contributed by atoms with van der Waals surface area (Å²) in [5, 5.41) is 12.3. The summed E-state index contributed by atoms with van der Waals surface area (Å²) in [4.78, 5) is 23.8. The summed E-state index contributed by atoms with van der Waals surface area (Å²) in [5.41, 5.74) is -1.40. The minimum Gasteiger partial charge on any atom is -0.398 e. The van der Waals surface area contributed by atoms with E-state index in [4.69, 9.17) is 16.9 Å². The van der Waals surface area contributed by atoms with Gasteiger partial charge in [0.05, 0.1) is 12.1 Å². The SMILES string of the molecule is CO/N=C(\C#N)C(=O)/N=c1\cc(C(F)(F)F)ccn1Cc1ccc(Cl)nc1. The van der Waals surface area contributed by atoms with E-state index < -0.39 is 23.4 Å². The number of pyridine rings is 2. The van der Waals surface area contributed by atoms with Gasteiger partial charge < -0.3 is 9.40 Å². The molecule has 0 atom stereocenters. The Morgan fingerprint density at radius 2 is 2.15 bits per heavy atom. The van der Waals surface area contributed by atoms with Crippen molar-refractivity contribution in [1.82, 2.24) is 9.55 Å². The fourth-order valence-corrected chi connectivity index (χ4v) is 2.09. The molecule has 27 heavy (non-hydrogen) atoms. The van der Waals surface area contributed by atoms with Crippen molar-refractivity contribution in [2.75, 3.05) is 7.11 Å². The zero-order chi connectivity index (χ0) is 20.0. The molecule has 1 amide bonds. The monoisotopic (exact) mass is 397 g/mol. The van der Waals surface area contributed by atoms with E-state index in [0.717, 1.165) is 19.4 Å². The van der Waals surface area contributed by atoms with Crippen molar-refractivity contribution in [2.24, 2.45) is 10.1 Å². The predicted molar refractivity (Wildman–Crippen MR) is 88.4 cm³/mol. The first kappa shape index (κ1) is 20.1.